The van der Waals surface area contributed by atoms with E-state index in [0.29, 0.717) is 40.7 Å². The third kappa shape index (κ3) is 4.53. The molecule has 2 aromatic heterocycles. The van der Waals surface area contributed by atoms with Crippen LogP contribution >= 0.6 is 0 Å². The first-order valence-corrected chi connectivity index (χ1v) is 10.4. The predicted molar refractivity (Wildman–Crippen MR) is 121 cm³/mol. The van der Waals surface area contributed by atoms with Gasteiger partial charge in [0, 0.05) is 10.8 Å². The molecule has 0 N–H and O–H groups in total. The Labute approximate surface area is 184 Å². The molecule has 6 nitrogen and oxygen atoms in total. The van der Waals surface area contributed by atoms with Crippen LogP contribution in [0.1, 0.15) is 31.1 Å². The molecule has 0 unspecified atom stereocenters. The van der Waals surface area contributed by atoms with Gasteiger partial charge in [0.2, 0.25) is 0 Å². The second-order valence-corrected chi connectivity index (χ2v) is 7.70. The van der Waals surface area contributed by atoms with Crippen LogP contribution in [0, 0.1) is 5.82 Å². The lowest BCUT2D eigenvalue weighted by atomic mass is 10.0. The highest BCUT2D eigenvalue weighted by Gasteiger charge is 2.18. The molecule has 164 valence electrons. The fraction of sp³-hybridized carbons (Fsp3) is 0.240. The van der Waals surface area contributed by atoms with Crippen LogP contribution in [0.3, 0.4) is 0 Å². The normalized spacial score (nSPS) is 12.9. The van der Waals surface area contributed by atoms with Gasteiger partial charge in [-0.25, -0.2) is 9.07 Å². The topological polar surface area (TPSA) is 70.2 Å². The van der Waals surface area contributed by atoms with E-state index in [0.717, 1.165) is 11.0 Å². The van der Waals surface area contributed by atoms with Gasteiger partial charge in [0.25, 0.3) is 0 Å². The molecule has 7 heteroatoms. The van der Waals surface area contributed by atoms with Crippen molar-refractivity contribution in [2.24, 2.45) is 0 Å². The maximum atomic E-state index is 13.5. The van der Waals surface area contributed by atoms with E-state index in [9.17, 15) is 9.18 Å². The molecule has 4 rings (SSSR count). The monoisotopic (exact) mass is 433 g/mol. The first kappa shape index (κ1) is 21.6. The Kier molecular flexibility index (Phi) is 6.28. The van der Waals surface area contributed by atoms with Crippen LogP contribution in [-0.4, -0.2) is 33.5 Å². The zero-order chi connectivity index (χ0) is 22.7. The number of fused-ring (bicyclic) bond motifs is 1. The van der Waals surface area contributed by atoms with Crippen molar-refractivity contribution in [3.63, 3.8) is 0 Å². The summed E-state index contributed by atoms with van der Waals surface area (Å²) in [5, 5.41) is 9.04. The molecule has 4 aromatic rings. The number of rotatable bonds is 7. The van der Waals surface area contributed by atoms with Gasteiger partial charge >= 0.3 is 0 Å². The van der Waals surface area contributed by atoms with Crippen LogP contribution in [-0.2, 0) is 11.3 Å². The molecule has 2 heterocycles. The van der Waals surface area contributed by atoms with Crippen LogP contribution in [0.15, 0.2) is 52.9 Å². The molecular formula is C25H24FN3O3. The second kappa shape index (κ2) is 9.28. The van der Waals surface area contributed by atoms with Crippen molar-refractivity contribution in [2.45, 2.75) is 33.4 Å². The Morgan fingerprint density at radius 1 is 1.16 bits per heavy atom. The van der Waals surface area contributed by atoms with E-state index in [1.54, 1.807) is 16.8 Å². The molecular weight excluding hydrogens is 409 g/mol. The number of ether oxygens (including phenoxy) is 1. The average Bonchev–Trinajstić information content (AvgIpc) is 3.34. The van der Waals surface area contributed by atoms with Crippen molar-refractivity contribution < 1.29 is 18.3 Å². The van der Waals surface area contributed by atoms with Crippen LogP contribution < -0.4 is 10.6 Å². The minimum absolute atomic E-state index is 0.0458. The molecule has 0 spiro atoms. The van der Waals surface area contributed by atoms with Gasteiger partial charge < -0.3 is 9.15 Å². The standard InChI is InChI=1S/C25H24FN3O3/c1-16(2)31-15-13-20-23(12-14-29-22-7-5-4-6-21(22)27-28-29)32-25(24(20)17(3)30)18-8-10-19(26)11-9-18/h4-13,16H,14-15H2,1-3H3/b20-13+,23-12+. The van der Waals surface area contributed by atoms with E-state index in [4.69, 9.17) is 9.15 Å². The number of para-hydroxylation sites is 1. The number of carbonyl (C=O) groups excluding carboxylic acids is 1. The highest BCUT2D eigenvalue weighted by molar-refractivity contribution is 6.00. The SMILES string of the molecule is CC(=O)c1c(-c2ccc(F)cc2)oc(=C/Cn2nnc3ccccc32)/c1=C\COC(C)C. The zero-order valence-corrected chi connectivity index (χ0v) is 18.2. The number of furan rings is 1. The average molecular weight is 433 g/mol. The van der Waals surface area contributed by atoms with Crippen LogP contribution in [0.5, 0.6) is 0 Å². The maximum absolute atomic E-state index is 13.5. The summed E-state index contributed by atoms with van der Waals surface area (Å²) in [5.74, 6) is -0.0932. The van der Waals surface area contributed by atoms with E-state index in [1.807, 2.05) is 50.3 Å². The number of ketones is 1. The van der Waals surface area contributed by atoms with Crippen LogP contribution in [0.25, 0.3) is 34.5 Å². The lowest BCUT2D eigenvalue weighted by Crippen LogP contribution is -2.26. The fourth-order valence-electron chi connectivity index (χ4n) is 3.52. The number of halogens is 1. The highest BCUT2D eigenvalue weighted by Crippen LogP contribution is 2.22. The van der Waals surface area contributed by atoms with E-state index >= 15 is 0 Å². The molecule has 0 atom stereocenters. The van der Waals surface area contributed by atoms with Crippen molar-refractivity contribution in [3.8, 4) is 11.3 Å². The van der Waals surface area contributed by atoms with Crippen LogP contribution in [0.4, 0.5) is 4.39 Å². The Bertz CT molecular complexity index is 1370. The summed E-state index contributed by atoms with van der Waals surface area (Å²) in [4.78, 5) is 12.6. The number of benzene rings is 2. The second-order valence-electron chi connectivity index (χ2n) is 7.70. The first-order chi connectivity index (χ1) is 15.4. The minimum Gasteiger partial charge on any atom is -0.456 e. The Morgan fingerprint density at radius 3 is 2.62 bits per heavy atom. The Morgan fingerprint density at radius 2 is 1.91 bits per heavy atom. The quantitative estimate of drug-likeness (QED) is 0.416. The summed E-state index contributed by atoms with van der Waals surface area (Å²) in [7, 11) is 0. The van der Waals surface area contributed by atoms with E-state index in [-0.39, 0.29) is 17.7 Å². The Hall–Kier alpha value is -3.58. The van der Waals surface area contributed by atoms with Gasteiger partial charge in [-0.15, -0.1) is 5.10 Å². The summed E-state index contributed by atoms with van der Waals surface area (Å²) in [6, 6.07) is 13.6. The number of carbonyl (C=O) groups is 1. The van der Waals surface area contributed by atoms with Crippen molar-refractivity contribution >= 4 is 29.0 Å². The van der Waals surface area contributed by atoms with Gasteiger partial charge in [0.05, 0.1) is 30.3 Å². The van der Waals surface area contributed by atoms with Gasteiger partial charge in [-0.1, -0.05) is 17.3 Å². The number of aromatic nitrogens is 3. The number of Topliss-reactive ketones (excluding diaryl/α,β-unsaturated/α-hetero) is 1. The lowest BCUT2D eigenvalue weighted by Gasteiger charge is -2.03. The molecule has 0 aliphatic heterocycles. The fourth-order valence-corrected chi connectivity index (χ4v) is 3.52. The van der Waals surface area contributed by atoms with Crippen LogP contribution in [0.2, 0.25) is 0 Å². The summed E-state index contributed by atoms with van der Waals surface area (Å²) in [5.41, 5.74) is 3.30. The first-order valence-electron chi connectivity index (χ1n) is 10.4. The third-order valence-corrected chi connectivity index (χ3v) is 5.02. The van der Waals surface area contributed by atoms with Crippen molar-refractivity contribution in [2.75, 3.05) is 6.61 Å². The highest BCUT2D eigenvalue weighted by atomic mass is 19.1. The summed E-state index contributed by atoms with van der Waals surface area (Å²) >= 11 is 0. The van der Waals surface area contributed by atoms with Gasteiger partial charge in [-0.05, 0) is 69.3 Å². The summed E-state index contributed by atoms with van der Waals surface area (Å²) in [6.07, 6.45) is 3.75. The van der Waals surface area contributed by atoms with E-state index < -0.39 is 0 Å². The lowest BCUT2D eigenvalue weighted by molar-refractivity contribution is 0.101. The molecule has 0 fully saturated rings. The predicted octanol–water partition coefficient (Wildman–Crippen LogP) is 3.72. The van der Waals surface area contributed by atoms with Crippen molar-refractivity contribution in [1.29, 1.82) is 0 Å². The molecule has 0 saturated heterocycles. The van der Waals surface area contributed by atoms with Gasteiger partial charge in [-0.2, -0.15) is 0 Å². The Balaban J connectivity index is 1.85. The van der Waals surface area contributed by atoms with Crippen molar-refractivity contribution in [1.82, 2.24) is 15.0 Å². The number of nitrogens with zero attached hydrogens (tertiary/aromatic N) is 3. The molecule has 0 aliphatic carbocycles. The summed E-state index contributed by atoms with van der Waals surface area (Å²) in [6.45, 7) is 6.12. The third-order valence-electron chi connectivity index (χ3n) is 5.02. The molecule has 2 aromatic carbocycles. The van der Waals surface area contributed by atoms with Gasteiger partial charge in [0.15, 0.2) is 5.78 Å². The number of hydrogen-bond acceptors (Lipinski definition) is 5. The van der Waals surface area contributed by atoms with Gasteiger partial charge in [0.1, 0.15) is 22.5 Å². The maximum Gasteiger partial charge on any atom is 0.164 e. The van der Waals surface area contributed by atoms with E-state index in [2.05, 4.69) is 10.3 Å². The molecule has 0 radical (unpaired) electrons. The zero-order valence-electron chi connectivity index (χ0n) is 18.2. The van der Waals surface area contributed by atoms with Gasteiger partial charge in [-0.3, -0.25) is 4.79 Å². The minimum atomic E-state index is -0.355. The number of hydrogen-bond donors (Lipinski definition) is 0. The molecule has 0 saturated carbocycles. The molecule has 0 aliphatic rings. The van der Waals surface area contributed by atoms with E-state index in [1.165, 1.54) is 19.1 Å². The molecule has 0 amide bonds. The largest absolute Gasteiger partial charge is 0.456 e. The van der Waals surface area contributed by atoms with Crippen molar-refractivity contribution in [3.05, 3.63) is 70.5 Å². The summed E-state index contributed by atoms with van der Waals surface area (Å²) < 4.78 is 27.0. The molecule has 32 heavy (non-hydrogen) atoms. The smallest absolute Gasteiger partial charge is 0.164 e. The molecule has 0 bridgehead atoms.